The number of hydrogen-bond donors (Lipinski definition) is 0. The van der Waals surface area contributed by atoms with Gasteiger partial charge in [0, 0.05) is 15.2 Å². The van der Waals surface area contributed by atoms with Crippen molar-refractivity contribution in [2.24, 2.45) is 0 Å². The molecule has 1 heteroatoms. The Balaban J connectivity index is 1.24. The highest BCUT2D eigenvalue weighted by Crippen LogP contribution is 2.62. The largest absolute Gasteiger partial charge is 0.0888 e. The lowest BCUT2D eigenvalue weighted by atomic mass is 9.61. The first-order valence-electron chi connectivity index (χ1n) is 16.0. The maximum Gasteiger partial charge on any atom is 0.0725 e. The Morgan fingerprint density at radius 2 is 0.935 bits per heavy atom. The first-order valence-corrected chi connectivity index (χ1v) is 16.8. The SMILES string of the molecule is c1ccc2c(c1)Sc1cccc3ccc(-c4ccc5c(c4)-c4ccccc4C54c5ccccc5-c5cccc6cccc4c56)c-2c13. The van der Waals surface area contributed by atoms with E-state index in [0.717, 1.165) is 0 Å². The molecule has 1 spiro atoms. The summed E-state index contributed by atoms with van der Waals surface area (Å²) in [4.78, 5) is 2.66. The summed E-state index contributed by atoms with van der Waals surface area (Å²) >= 11 is 1.89. The average Bonchev–Trinajstić information content (AvgIpc) is 3.41. The molecule has 1 heterocycles. The molecule has 1 unspecified atom stereocenters. The summed E-state index contributed by atoms with van der Waals surface area (Å²) in [6, 6.07) is 59.5. The molecule has 8 aromatic carbocycles. The molecule has 212 valence electrons. The Bertz CT molecular complexity index is 2620. The second-order valence-electron chi connectivity index (χ2n) is 12.8. The molecular weight excluding hydrogens is 573 g/mol. The van der Waals surface area contributed by atoms with Gasteiger partial charge in [-0.2, -0.15) is 0 Å². The Morgan fingerprint density at radius 1 is 0.348 bits per heavy atom. The Morgan fingerprint density at radius 3 is 1.76 bits per heavy atom. The summed E-state index contributed by atoms with van der Waals surface area (Å²) in [7, 11) is 0. The van der Waals surface area contributed by atoms with Gasteiger partial charge in [0.2, 0.25) is 0 Å². The number of hydrogen-bond acceptors (Lipinski definition) is 1. The van der Waals surface area contributed by atoms with Crippen molar-refractivity contribution in [3.05, 3.63) is 180 Å². The summed E-state index contributed by atoms with van der Waals surface area (Å²) in [5, 5.41) is 5.34. The fraction of sp³-hybridized carbons (Fsp3) is 0.0222. The van der Waals surface area contributed by atoms with Crippen molar-refractivity contribution in [1.82, 2.24) is 0 Å². The van der Waals surface area contributed by atoms with Crippen LogP contribution < -0.4 is 0 Å². The predicted octanol–water partition coefficient (Wildman–Crippen LogP) is 12.1. The van der Waals surface area contributed by atoms with Crippen molar-refractivity contribution in [2.75, 3.05) is 0 Å². The molecule has 0 saturated carbocycles. The quantitative estimate of drug-likeness (QED) is 0.181. The van der Waals surface area contributed by atoms with E-state index >= 15 is 0 Å². The van der Waals surface area contributed by atoms with Crippen molar-refractivity contribution >= 4 is 33.3 Å². The molecule has 0 N–H and O–H groups in total. The summed E-state index contributed by atoms with van der Waals surface area (Å²) < 4.78 is 0. The maximum atomic E-state index is 2.48. The average molecular weight is 599 g/mol. The van der Waals surface area contributed by atoms with E-state index in [1.54, 1.807) is 0 Å². The standard InChI is InChI=1S/C45H26S/c1-4-17-36-31(13-1)33-16-7-10-27-11-8-19-39(42(27)33)45(36)37-18-5-2-14-32(37)35-26-29(23-25-38(35)45)30-24-22-28-12-9-21-41-43(28)44(30)34-15-3-6-20-40(34)46-41/h1-26H. The third-order valence-corrected chi connectivity index (χ3v) is 11.8. The van der Waals surface area contributed by atoms with Crippen molar-refractivity contribution in [3.63, 3.8) is 0 Å². The monoisotopic (exact) mass is 598 g/mol. The first kappa shape index (κ1) is 24.9. The van der Waals surface area contributed by atoms with Gasteiger partial charge in [-0.05, 0) is 101 Å². The fourth-order valence-corrected chi connectivity index (χ4v) is 10.1. The molecule has 3 aliphatic rings. The summed E-state index contributed by atoms with van der Waals surface area (Å²) in [5.74, 6) is 0. The van der Waals surface area contributed by atoms with Crippen LogP contribution in [-0.2, 0) is 5.41 Å². The van der Waals surface area contributed by atoms with Gasteiger partial charge in [0.15, 0.2) is 0 Å². The maximum absolute atomic E-state index is 2.48. The van der Waals surface area contributed by atoms with E-state index in [0.29, 0.717) is 0 Å². The second-order valence-corrected chi connectivity index (χ2v) is 13.8. The number of benzene rings is 8. The molecule has 0 bridgehead atoms. The molecular formula is C45H26S. The zero-order valence-corrected chi connectivity index (χ0v) is 25.7. The van der Waals surface area contributed by atoms with Gasteiger partial charge < -0.3 is 0 Å². The third kappa shape index (κ3) is 2.97. The third-order valence-electron chi connectivity index (χ3n) is 10.7. The van der Waals surface area contributed by atoms with E-state index in [1.165, 1.54) is 98.1 Å². The van der Waals surface area contributed by atoms with Crippen molar-refractivity contribution in [3.8, 4) is 44.5 Å². The van der Waals surface area contributed by atoms with Gasteiger partial charge in [0.05, 0.1) is 5.41 Å². The van der Waals surface area contributed by atoms with Crippen LogP contribution in [0.4, 0.5) is 0 Å². The summed E-state index contributed by atoms with van der Waals surface area (Å²) in [6.45, 7) is 0. The molecule has 46 heavy (non-hydrogen) atoms. The van der Waals surface area contributed by atoms with E-state index in [2.05, 4.69) is 158 Å². The van der Waals surface area contributed by atoms with Crippen LogP contribution in [0, 0.1) is 0 Å². The van der Waals surface area contributed by atoms with Crippen LogP contribution in [0.3, 0.4) is 0 Å². The molecule has 1 atom stereocenters. The molecule has 11 rings (SSSR count). The van der Waals surface area contributed by atoms with E-state index < -0.39 is 0 Å². The Kier molecular flexibility index (Phi) is 4.80. The van der Waals surface area contributed by atoms with E-state index in [-0.39, 0.29) is 5.41 Å². The van der Waals surface area contributed by atoms with Gasteiger partial charge in [-0.3, -0.25) is 0 Å². The van der Waals surface area contributed by atoms with Gasteiger partial charge in [-0.15, -0.1) is 0 Å². The zero-order valence-electron chi connectivity index (χ0n) is 24.9. The summed E-state index contributed by atoms with van der Waals surface area (Å²) in [5.41, 5.74) is 15.7. The molecule has 0 nitrogen and oxygen atoms in total. The van der Waals surface area contributed by atoms with Gasteiger partial charge in [0.1, 0.15) is 0 Å². The lowest BCUT2D eigenvalue weighted by Crippen LogP contribution is -2.31. The fourth-order valence-electron chi connectivity index (χ4n) is 8.93. The van der Waals surface area contributed by atoms with Crippen LogP contribution >= 0.6 is 11.8 Å². The minimum absolute atomic E-state index is 0.386. The van der Waals surface area contributed by atoms with Gasteiger partial charge in [0.25, 0.3) is 0 Å². The number of fused-ring (bicyclic) bond motifs is 11. The Labute approximate surface area is 272 Å². The smallest absolute Gasteiger partial charge is 0.0725 e. The van der Waals surface area contributed by atoms with Crippen molar-refractivity contribution < 1.29 is 0 Å². The second kappa shape index (κ2) is 8.88. The zero-order chi connectivity index (χ0) is 30.0. The van der Waals surface area contributed by atoms with Gasteiger partial charge in [-0.25, -0.2) is 0 Å². The van der Waals surface area contributed by atoms with Crippen LogP contribution in [-0.4, -0.2) is 0 Å². The topological polar surface area (TPSA) is 0 Å². The van der Waals surface area contributed by atoms with Crippen LogP contribution in [0.5, 0.6) is 0 Å². The van der Waals surface area contributed by atoms with E-state index in [1.807, 2.05) is 11.8 Å². The van der Waals surface area contributed by atoms with Crippen molar-refractivity contribution in [2.45, 2.75) is 15.2 Å². The minimum Gasteiger partial charge on any atom is -0.0888 e. The molecule has 8 aromatic rings. The highest BCUT2D eigenvalue weighted by atomic mass is 32.2. The summed E-state index contributed by atoms with van der Waals surface area (Å²) in [6.07, 6.45) is 0. The van der Waals surface area contributed by atoms with Crippen molar-refractivity contribution in [1.29, 1.82) is 0 Å². The van der Waals surface area contributed by atoms with E-state index in [9.17, 15) is 0 Å². The predicted molar refractivity (Wildman–Crippen MR) is 193 cm³/mol. The molecule has 0 fully saturated rings. The van der Waals surface area contributed by atoms with E-state index in [4.69, 9.17) is 0 Å². The minimum atomic E-state index is -0.386. The lowest BCUT2D eigenvalue weighted by Gasteiger charge is -2.40. The van der Waals surface area contributed by atoms with Crippen LogP contribution in [0.1, 0.15) is 22.3 Å². The van der Waals surface area contributed by atoms with Crippen LogP contribution in [0.2, 0.25) is 0 Å². The Hall–Kier alpha value is -5.37. The highest BCUT2D eigenvalue weighted by Gasteiger charge is 2.50. The van der Waals surface area contributed by atoms with Gasteiger partial charge >= 0.3 is 0 Å². The highest BCUT2D eigenvalue weighted by molar-refractivity contribution is 7.99. The molecule has 0 radical (unpaired) electrons. The molecule has 0 amide bonds. The van der Waals surface area contributed by atoms with Gasteiger partial charge in [-0.1, -0.05) is 151 Å². The molecule has 0 aromatic heterocycles. The normalized spacial score (nSPS) is 16.3. The molecule has 2 aliphatic carbocycles. The lowest BCUT2D eigenvalue weighted by molar-refractivity contribution is 0.773. The van der Waals surface area contributed by atoms with Crippen LogP contribution in [0.15, 0.2) is 168 Å². The molecule has 0 saturated heterocycles. The first-order chi connectivity index (χ1) is 22.8. The number of rotatable bonds is 1. The molecule has 1 aliphatic heterocycles. The van der Waals surface area contributed by atoms with Crippen LogP contribution in [0.25, 0.3) is 66.1 Å².